The van der Waals surface area contributed by atoms with E-state index in [1.54, 1.807) is 0 Å². The van der Waals surface area contributed by atoms with Crippen molar-refractivity contribution < 1.29 is 13.2 Å². The average molecular weight is 179 g/mol. The van der Waals surface area contributed by atoms with Crippen molar-refractivity contribution in [3.63, 3.8) is 0 Å². The quantitative estimate of drug-likeness (QED) is 0.668. The molecule has 5 heteroatoms. The van der Waals surface area contributed by atoms with Gasteiger partial charge >= 0.3 is 0 Å². The van der Waals surface area contributed by atoms with Gasteiger partial charge in [-0.1, -0.05) is 0 Å². The monoisotopic (exact) mass is 179 g/mol. The summed E-state index contributed by atoms with van der Waals surface area (Å²) in [6.45, 7) is 0. The van der Waals surface area contributed by atoms with Crippen molar-refractivity contribution >= 4 is 11.9 Å². The van der Waals surface area contributed by atoms with E-state index in [9.17, 15) is 13.2 Å². The Morgan fingerprint density at radius 2 is 1.55 bits per heavy atom. The van der Waals surface area contributed by atoms with Crippen LogP contribution >= 0.6 is 11.9 Å². The van der Waals surface area contributed by atoms with Gasteiger partial charge in [0.25, 0.3) is 0 Å². The van der Waals surface area contributed by atoms with Crippen LogP contribution < -0.4 is 5.14 Å². The Kier molecular flexibility index (Phi) is 2.41. The minimum absolute atomic E-state index is 0.369. The summed E-state index contributed by atoms with van der Waals surface area (Å²) in [5, 5.41) is 4.92. The van der Waals surface area contributed by atoms with Crippen molar-refractivity contribution in [1.82, 2.24) is 0 Å². The lowest BCUT2D eigenvalue weighted by atomic mass is 10.3. The molecule has 1 aromatic rings. The molecule has 0 amide bonds. The molecule has 0 atom stereocenters. The first-order valence-electron chi connectivity index (χ1n) is 2.66. The molecule has 0 saturated heterocycles. The first-order valence-corrected chi connectivity index (χ1v) is 3.54. The number of nitrogens with two attached hydrogens (primary N) is 1. The standard InChI is InChI=1S/C6H4F3NS/c7-3-1-4(8)6(11-10)5(9)2-3/h1-2H,10H2. The summed E-state index contributed by atoms with van der Waals surface area (Å²) >= 11 is 0.414. The summed E-state index contributed by atoms with van der Waals surface area (Å²) in [7, 11) is 0. The second kappa shape index (κ2) is 3.15. The maximum Gasteiger partial charge on any atom is 0.143 e. The van der Waals surface area contributed by atoms with Crippen molar-refractivity contribution in [3.05, 3.63) is 29.6 Å². The number of hydrogen-bond acceptors (Lipinski definition) is 2. The minimum atomic E-state index is -0.977. The minimum Gasteiger partial charge on any atom is -0.273 e. The first-order chi connectivity index (χ1) is 5.15. The molecule has 11 heavy (non-hydrogen) atoms. The largest absolute Gasteiger partial charge is 0.273 e. The van der Waals surface area contributed by atoms with E-state index in [4.69, 9.17) is 5.14 Å². The maximum atomic E-state index is 12.5. The van der Waals surface area contributed by atoms with Crippen molar-refractivity contribution in [2.45, 2.75) is 4.90 Å². The number of halogens is 3. The van der Waals surface area contributed by atoms with E-state index in [1.807, 2.05) is 0 Å². The van der Waals surface area contributed by atoms with E-state index >= 15 is 0 Å². The van der Waals surface area contributed by atoms with E-state index in [0.717, 1.165) is 0 Å². The van der Waals surface area contributed by atoms with Crippen LogP contribution in [-0.2, 0) is 0 Å². The van der Waals surface area contributed by atoms with Crippen LogP contribution in [0.25, 0.3) is 0 Å². The fourth-order valence-corrected chi connectivity index (χ4v) is 0.985. The number of rotatable bonds is 1. The SMILES string of the molecule is NSc1c(F)cc(F)cc1F. The summed E-state index contributed by atoms with van der Waals surface area (Å²) in [6.07, 6.45) is 0. The van der Waals surface area contributed by atoms with Crippen LogP contribution in [0.4, 0.5) is 13.2 Å². The molecule has 1 rings (SSSR count). The third-order valence-electron chi connectivity index (χ3n) is 1.08. The molecular formula is C6H4F3NS. The first kappa shape index (κ1) is 8.42. The molecule has 0 aliphatic rings. The van der Waals surface area contributed by atoms with Gasteiger partial charge in [-0.25, -0.2) is 13.2 Å². The van der Waals surface area contributed by atoms with Gasteiger partial charge in [0.1, 0.15) is 17.5 Å². The van der Waals surface area contributed by atoms with E-state index in [0.29, 0.717) is 24.1 Å². The molecule has 0 unspecified atom stereocenters. The van der Waals surface area contributed by atoms with Gasteiger partial charge in [-0.3, -0.25) is 5.14 Å². The molecule has 1 aromatic carbocycles. The van der Waals surface area contributed by atoms with Gasteiger partial charge in [0.05, 0.1) is 4.90 Å². The smallest absolute Gasteiger partial charge is 0.143 e. The lowest BCUT2D eigenvalue weighted by molar-refractivity contribution is 0.511. The van der Waals surface area contributed by atoms with Crippen LogP contribution in [0.15, 0.2) is 17.0 Å². The molecule has 2 N–H and O–H groups in total. The van der Waals surface area contributed by atoms with Gasteiger partial charge in [-0.15, -0.1) is 0 Å². The van der Waals surface area contributed by atoms with Gasteiger partial charge in [0.15, 0.2) is 0 Å². The summed E-state index contributed by atoms with van der Waals surface area (Å²) in [5.74, 6) is -2.90. The Labute approximate surface area is 65.5 Å². The molecule has 0 aliphatic heterocycles. The number of hydrogen-bond donors (Lipinski definition) is 1. The average Bonchev–Trinajstić information content (AvgIpc) is 1.85. The molecule has 0 radical (unpaired) electrons. The number of benzene rings is 1. The lowest BCUT2D eigenvalue weighted by Gasteiger charge is -1.99. The highest BCUT2D eigenvalue weighted by atomic mass is 32.2. The topological polar surface area (TPSA) is 26.0 Å². The second-order valence-corrected chi connectivity index (χ2v) is 2.46. The Hall–Kier alpha value is -0.680. The molecule has 1 nitrogen and oxygen atoms in total. The highest BCUT2D eigenvalue weighted by molar-refractivity contribution is 7.97. The highest BCUT2D eigenvalue weighted by Crippen LogP contribution is 2.21. The van der Waals surface area contributed by atoms with Gasteiger partial charge in [0, 0.05) is 12.1 Å². The normalized spacial score (nSPS) is 10.2. The molecule has 0 bridgehead atoms. The summed E-state index contributed by atoms with van der Waals surface area (Å²) in [6, 6.07) is 1.16. The van der Waals surface area contributed by atoms with Gasteiger partial charge in [-0.05, 0) is 11.9 Å². The molecule has 0 heterocycles. The fourth-order valence-electron chi connectivity index (χ4n) is 0.642. The Morgan fingerprint density at radius 3 is 1.91 bits per heavy atom. The zero-order valence-electron chi connectivity index (χ0n) is 5.27. The third kappa shape index (κ3) is 1.66. The van der Waals surface area contributed by atoms with Crippen LogP contribution in [0.5, 0.6) is 0 Å². The maximum absolute atomic E-state index is 12.5. The van der Waals surface area contributed by atoms with E-state index in [1.165, 1.54) is 0 Å². The van der Waals surface area contributed by atoms with E-state index < -0.39 is 17.5 Å². The molecule has 0 saturated carbocycles. The fraction of sp³-hybridized carbons (Fsp3) is 0. The van der Waals surface area contributed by atoms with Crippen molar-refractivity contribution in [3.8, 4) is 0 Å². The zero-order chi connectivity index (χ0) is 8.43. The van der Waals surface area contributed by atoms with Gasteiger partial charge in [-0.2, -0.15) is 0 Å². The molecule has 60 valence electrons. The molecule has 0 spiro atoms. The van der Waals surface area contributed by atoms with Gasteiger partial charge in [0.2, 0.25) is 0 Å². The van der Waals surface area contributed by atoms with Crippen LogP contribution in [0.3, 0.4) is 0 Å². The molecular weight excluding hydrogens is 175 g/mol. The summed E-state index contributed by atoms with van der Waals surface area (Å²) in [4.78, 5) is -0.369. The van der Waals surface area contributed by atoms with E-state index in [2.05, 4.69) is 0 Å². The van der Waals surface area contributed by atoms with Crippen LogP contribution in [0.2, 0.25) is 0 Å². The Balaban J connectivity index is 3.25. The zero-order valence-corrected chi connectivity index (χ0v) is 6.09. The Bertz CT molecular complexity index is 254. The van der Waals surface area contributed by atoms with E-state index in [-0.39, 0.29) is 4.90 Å². The highest BCUT2D eigenvalue weighted by Gasteiger charge is 2.09. The summed E-state index contributed by atoms with van der Waals surface area (Å²) in [5.41, 5.74) is 0. The Morgan fingerprint density at radius 1 is 1.09 bits per heavy atom. The molecule has 0 aromatic heterocycles. The lowest BCUT2D eigenvalue weighted by Crippen LogP contribution is -1.92. The van der Waals surface area contributed by atoms with Crippen molar-refractivity contribution in [1.29, 1.82) is 0 Å². The van der Waals surface area contributed by atoms with Crippen LogP contribution in [0, 0.1) is 17.5 Å². The predicted molar refractivity (Wildman–Crippen MR) is 36.4 cm³/mol. The van der Waals surface area contributed by atoms with Gasteiger partial charge < -0.3 is 0 Å². The molecule has 0 fully saturated rings. The van der Waals surface area contributed by atoms with Crippen LogP contribution in [0.1, 0.15) is 0 Å². The molecule has 0 aliphatic carbocycles. The van der Waals surface area contributed by atoms with Crippen LogP contribution in [-0.4, -0.2) is 0 Å². The third-order valence-corrected chi connectivity index (χ3v) is 1.71. The summed E-state index contributed by atoms with van der Waals surface area (Å²) < 4.78 is 37.3. The predicted octanol–water partition coefficient (Wildman–Crippen LogP) is 2.07. The van der Waals surface area contributed by atoms with Crippen molar-refractivity contribution in [2.75, 3.05) is 0 Å². The van der Waals surface area contributed by atoms with Crippen molar-refractivity contribution in [2.24, 2.45) is 5.14 Å². The second-order valence-electron chi connectivity index (χ2n) is 1.82.